The smallest absolute Gasteiger partial charge is 0.305 e. The van der Waals surface area contributed by atoms with Crippen LogP contribution in [0.5, 0.6) is 0 Å². The largest absolute Gasteiger partial charge is 0.466 e. The molecule has 0 aromatic heterocycles. The second-order valence-electron chi connectivity index (χ2n) is 4.48. The topological polar surface area (TPSA) is 92.0 Å². The van der Waals surface area contributed by atoms with Crippen molar-refractivity contribution >= 4 is 18.2 Å². The van der Waals surface area contributed by atoms with Crippen molar-refractivity contribution in [1.29, 1.82) is 5.26 Å². The van der Waals surface area contributed by atoms with Gasteiger partial charge in [0.25, 0.3) is 0 Å². The molecule has 0 aliphatic carbocycles. The summed E-state index contributed by atoms with van der Waals surface area (Å²) in [5, 5.41) is 14.2. The molecule has 0 bridgehead atoms. The van der Waals surface area contributed by atoms with Crippen molar-refractivity contribution in [3.05, 3.63) is 0 Å². The number of hydrogen-bond donors (Lipinski definition) is 0. The number of carbonyl (C=O) groups is 2. The molecule has 0 heterocycles. The molecule has 0 aromatic carbocycles. The lowest BCUT2D eigenvalue weighted by Gasteiger charge is -2.08. The molecule has 0 aliphatic heterocycles. The van der Waals surface area contributed by atoms with Gasteiger partial charge in [-0.1, -0.05) is 0 Å². The SMILES string of the molecule is CCOC(=O)CCCC/C=N/N(C#N)CCCC(=O)OCC. The van der Waals surface area contributed by atoms with E-state index in [0.29, 0.717) is 39.0 Å². The Hall–Kier alpha value is -2.10. The second-order valence-corrected chi connectivity index (χ2v) is 4.48. The van der Waals surface area contributed by atoms with Gasteiger partial charge in [0, 0.05) is 19.1 Å². The number of unbranched alkanes of at least 4 members (excludes halogenated alkanes) is 2. The second kappa shape index (κ2) is 13.9. The Morgan fingerprint density at radius 3 is 2.23 bits per heavy atom. The highest BCUT2D eigenvalue weighted by molar-refractivity contribution is 5.69. The van der Waals surface area contributed by atoms with E-state index in [0.717, 1.165) is 12.8 Å². The summed E-state index contributed by atoms with van der Waals surface area (Å²) in [6.45, 7) is 4.69. The van der Waals surface area contributed by atoms with Crippen molar-refractivity contribution in [3.8, 4) is 6.19 Å². The molecule has 0 unspecified atom stereocenters. The summed E-state index contributed by atoms with van der Waals surface area (Å²) in [4.78, 5) is 22.3. The van der Waals surface area contributed by atoms with E-state index >= 15 is 0 Å². The maximum Gasteiger partial charge on any atom is 0.305 e. The fraction of sp³-hybridized carbons (Fsp3) is 0.733. The third-order valence-electron chi connectivity index (χ3n) is 2.66. The highest BCUT2D eigenvalue weighted by Crippen LogP contribution is 2.01. The maximum absolute atomic E-state index is 11.1. The highest BCUT2D eigenvalue weighted by Gasteiger charge is 2.04. The lowest BCUT2D eigenvalue weighted by Crippen LogP contribution is -2.14. The number of nitriles is 1. The molecule has 124 valence electrons. The van der Waals surface area contributed by atoms with Gasteiger partial charge in [-0.3, -0.25) is 9.59 Å². The zero-order valence-corrected chi connectivity index (χ0v) is 13.4. The predicted molar refractivity (Wildman–Crippen MR) is 81.8 cm³/mol. The van der Waals surface area contributed by atoms with E-state index in [2.05, 4.69) is 5.10 Å². The number of esters is 2. The van der Waals surface area contributed by atoms with Gasteiger partial charge in [-0.15, -0.1) is 0 Å². The Morgan fingerprint density at radius 1 is 1.09 bits per heavy atom. The summed E-state index contributed by atoms with van der Waals surface area (Å²) in [7, 11) is 0. The minimum Gasteiger partial charge on any atom is -0.466 e. The fourth-order valence-corrected chi connectivity index (χ4v) is 1.63. The van der Waals surface area contributed by atoms with Gasteiger partial charge < -0.3 is 9.47 Å². The fourth-order valence-electron chi connectivity index (χ4n) is 1.63. The minimum absolute atomic E-state index is 0.183. The maximum atomic E-state index is 11.1. The molecule has 0 spiro atoms. The minimum atomic E-state index is -0.261. The molecule has 0 saturated heterocycles. The van der Waals surface area contributed by atoms with Crippen LogP contribution in [0.25, 0.3) is 0 Å². The van der Waals surface area contributed by atoms with Crippen molar-refractivity contribution in [2.75, 3.05) is 19.8 Å². The van der Waals surface area contributed by atoms with Crippen LogP contribution in [-0.4, -0.2) is 42.9 Å². The summed E-state index contributed by atoms with van der Waals surface area (Å²) >= 11 is 0. The Labute approximate surface area is 131 Å². The molecule has 0 saturated carbocycles. The van der Waals surface area contributed by atoms with E-state index in [-0.39, 0.29) is 18.4 Å². The lowest BCUT2D eigenvalue weighted by atomic mass is 10.2. The van der Waals surface area contributed by atoms with Crippen LogP contribution in [0, 0.1) is 11.5 Å². The molecule has 0 fully saturated rings. The third kappa shape index (κ3) is 11.7. The van der Waals surface area contributed by atoms with Gasteiger partial charge in [0.15, 0.2) is 0 Å². The number of nitrogens with zero attached hydrogens (tertiary/aromatic N) is 3. The molecule has 7 nitrogen and oxygen atoms in total. The highest BCUT2D eigenvalue weighted by atomic mass is 16.5. The number of hydrogen-bond acceptors (Lipinski definition) is 7. The van der Waals surface area contributed by atoms with E-state index in [4.69, 9.17) is 14.7 Å². The molecule has 0 atom stereocenters. The molecule has 0 radical (unpaired) electrons. The van der Waals surface area contributed by atoms with Gasteiger partial charge in [-0.05, 0) is 39.5 Å². The van der Waals surface area contributed by atoms with Crippen LogP contribution in [0.4, 0.5) is 0 Å². The van der Waals surface area contributed by atoms with Crippen molar-refractivity contribution in [1.82, 2.24) is 5.01 Å². The normalized spacial score (nSPS) is 10.2. The summed E-state index contributed by atoms with van der Waals surface area (Å²) in [5.41, 5.74) is 0. The molecule has 0 aliphatic rings. The van der Waals surface area contributed by atoms with Gasteiger partial charge in [-0.25, -0.2) is 5.01 Å². The first-order chi connectivity index (χ1) is 10.6. The first-order valence-corrected chi connectivity index (χ1v) is 7.65. The van der Waals surface area contributed by atoms with E-state index in [9.17, 15) is 9.59 Å². The van der Waals surface area contributed by atoms with Crippen LogP contribution in [0.1, 0.15) is 52.4 Å². The molecular formula is C15H25N3O4. The Bertz CT molecular complexity index is 391. The predicted octanol–water partition coefficient (Wildman–Crippen LogP) is 2.22. The molecule has 0 rings (SSSR count). The van der Waals surface area contributed by atoms with Crippen LogP contribution >= 0.6 is 0 Å². The summed E-state index contributed by atoms with van der Waals surface area (Å²) in [6, 6.07) is 0. The van der Waals surface area contributed by atoms with Gasteiger partial charge in [0.2, 0.25) is 6.19 Å². The van der Waals surface area contributed by atoms with E-state index in [1.165, 1.54) is 5.01 Å². The molecule has 0 aromatic rings. The van der Waals surface area contributed by atoms with Gasteiger partial charge in [0.05, 0.1) is 19.8 Å². The van der Waals surface area contributed by atoms with Crippen LogP contribution < -0.4 is 0 Å². The first kappa shape index (κ1) is 19.9. The van der Waals surface area contributed by atoms with Crippen LogP contribution in [0.15, 0.2) is 5.10 Å². The third-order valence-corrected chi connectivity index (χ3v) is 2.66. The van der Waals surface area contributed by atoms with Gasteiger partial charge >= 0.3 is 11.9 Å². The molecule has 0 amide bonds. The molecular weight excluding hydrogens is 286 g/mol. The average Bonchev–Trinajstić information content (AvgIpc) is 2.49. The summed E-state index contributed by atoms with van der Waals surface area (Å²) in [6.07, 6.45) is 7.04. The van der Waals surface area contributed by atoms with Crippen molar-refractivity contribution < 1.29 is 19.1 Å². The molecule has 0 N–H and O–H groups in total. The quantitative estimate of drug-likeness (QED) is 0.137. The number of rotatable bonds is 12. The lowest BCUT2D eigenvalue weighted by molar-refractivity contribution is -0.144. The average molecular weight is 311 g/mol. The number of ether oxygens (including phenoxy) is 2. The van der Waals surface area contributed by atoms with Crippen LogP contribution in [0.2, 0.25) is 0 Å². The Balaban J connectivity index is 3.73. The monoisotopic (exact) mass is 311 g/mol. The van der Waals surface area contributed by atoms with Crippen LogP contribution in [0.3, 0.4) is 0 Å². The number of hydrazone groups is 1. The van der Waals surface area contributed by atoms with Crippen molar-refractivity contribution in [2.45, 2.75) is 52.4 Å². The van der Waals surface area contributed by atoms with E-state index < -0.39 is 0 Å². The summed E-state index contributed by atoms with van der Waals surface area (Å²) < 4.78 is 9.63. The number of carbonyl (C=O) groups excluding carboxylic acids is 2. The Morgan fingerprint density at radius 2 is 1.68 bits per heavy atom. The van der Waals surface area contributed by atoms with Gasteiger partial charge in [0.1, 0.15) is 0 Å². The standard InChI is InChI=1S/C15H25N3O4/c1-3-21-14(19)9-6-5-7-11-17-18(13-16)12-8-10-15(20)22-4-2/h11H,3-10,12H2,1-2H3/b17-11+. The van der Waals surface area contributed by atoms with Crippen molar-refractivity contribution in [3.63, 3.8) is 0 Å². The first-order valence-electron chi connectivity index (χ1n) is 7.65. The Kier molecular flexibility index (Phi) is 12.5. The van der Waals surface area contributed by atoms with E-state index in [1.807, 2.05) is 6.19 Å². The zero-order chi connectivity index (χ0) is 16.6. The van der Waals surface area contributed by atoms with E-state index in [1.54, 1.807) is 20.1 Å². The van der Waals surface area contributed by atoms with Crippen molar-refractivity contribution in [2.24, 2.45) is 5.10 Å². The van der Waals surface area contributed by atoms with Crippen LogP contribution in [-0.2, 0) is 19.1 Å². The van der Waals surface area contributed by atoms with Gasteiger partial charge in [-0.2, -0.15) is 10.4 Å². The summed E-state index contributed by atoms with van der Waals surface area (Å²) in [5.74, 6) is -0.444. The zero-order valence-electron chi connectivity index (χ0n) is 13.4. The molecule has 22 heavy (non-hydrogen) atoms. The molecule has 7 heteroatoms.